The van der Waals surface area contributed by atoms with Crippen molar-refractivity contribution in [1.29, 1.82) is 0 Å². The van der Waals surface area contributed by atoms with E-state index in [9.17, 15) is 41.1 Å². The fourth-order valence-electron chi connectivity index (χ4n) is 5.74. The minimum absolute atomic E-state index is 0.0452. The largest absolute Gasteiger partial charge is 0.268 e. The molecule has 0 saturated carbocycles. The Morgan fingerprint density at radius 3 is 1.42 bits per heavy atom. The Labute approximate surface area is 250 Å². The predicted molar refractivity (Wildman–Crippen MR) is 154 cm³/mol. The number of halogens is 5. The van der Waals surface area contributed by atoms with Crippen molar-refractivity contribution in [2.45, 2.75) is 0 Å². The molecule has 7 rings (SSSR count). The van der Waals surface area contributed by atoms with Gasteiger partial charge in [0.2, 0.25) is 5.82 Å². The number of hydrogen-bond acceptors (Lipinski definition) is 4. The summed E-state index contributed by atoms with van der Waals surface area (Å²) in [5, 5.41) is -0.205. The van der Waals surface area contributed by atoms with Crippen LogP contribution in [0.5, 0.6) is 0 Å². The average molecular weight is 610 g/mol. The molecule has 2 heterocycles. The number of carbonyl (C=O) groups is 4. The molecule has 0 atom stereocenters. The minimum Gasteiger partial charge on any atom is -0.268 e. The molecule has 0 radical (unpaired) electrons. The van der Waals surface area contributed by atoms with Crippen LogP contribution in [0.15, 0.2) is 79.4 Å². The molecular weight excluding hydrogens is 595 g/mol. The summed E-state index contributed by atoms with van der Waals surface area (Å²) in [5.41, 5.74) is 0.0867. The van der Waals surface area contributed by atoms with Crippen LogP contribution in [0, 0.1) is 29.1 Å². The van der Waals surface area contributed by atoms with E-state index in [1.807, 2.05) is 24.3 Å². The van der Waals surface area contributed by atoms with E-state index in [2.05, 4.69) is 6.58 Å². The third-order valence-corrected chi connectivity index (χ3v) is 7.89. The van der Waals surface area contributed by atoms with E-state index in [4.69, 9.17) is 0 Å². The van der Waals surface area contributed by atoms with Crippen molar-refractivity contribution >= 4 is 51.9 Å². The minimum atomic E-state index is -2.46. The van der Waals surface area contributed by atoms with Crippen molar-refractivity contribution in [2.75, 3.05) is 9.80 Å². The fraction of sp³-hybridized carbons (Fsp3) is 0. The Balaban J connectivity index is 1.35. The van der Waals surface area contributed by atoms with Gasteiger partial charge in [0.05, 0.1) is 5.69 Å². The first kappa shape index (κ1) is 27.8. The third kappa shape index (κ3) is 3.80. The Morgan fingerprint density at radius 1 is 0.511 bits per heavy atom. The second-order valence-electron chi connectivity index (χ2n) is 10.3. The zero-order valence-electron chi connectivity index (χ0n) is 22.6. The molecule has 0 aliphatic carbocycles. The molecule has 0 unspecified atom stereocenters. The van der Waals surface area contributed by atoms with Crippen molar-refractivity contribution in [1.82, 2.24) is 0 Å². The highest BCUT2D eigenvalue weighted by Crippen LogP contribution is 2.42. The standard InChI is InChI=1S/C34H15F5N2O4/c1-2-15-6-8-16(9-7-15)17-4-3-5-18(14-17)40-31(42)19-10-12-21-24-22(13-11-20(23(19)24)32(40)43)34(45)41(33(21)44)30-28(38)26(36)25(35)27(37)29(30)39/h2-14H,1H2. The SMILES string of the molecule is C=Cc1ccc(-c2cccc(N3C(=O)c4ccc5c6c(ccc(c46)C3=O)C(=O)N(c3c(F)c(F)c(F)c(F)c3F)C5=O)c2)cc1. The van der Waals surface area contributed by atoms with Gasteiger partial charge in [0, 0.05) is 33.0 Å². The van der Waals surface area contributed by atoms with Gasteiger partial charge in [-0.25, -0.2) is 31.8 Å². The van der Waals surface area contributed by atoms with Crippen LogP contribution in [0.25, 0.3) is 28.0 Å². The maximum absolute atomic E-state index is 14.7. The lowest BCUT2D eigenvalue weighted by molar-refractivity contribution is 0.0871. The molecule has 11 heteroatoms. The van der Waals surface area contributed by atoms with Crippen LogP contribution in [-0.4, -0.2) is 23.6 Å². The first-order valence-electron chi connectivity index (χ1n) is 13.3. The average Bonchev–Trinajstić information content (AvgIpc) is 3.06. The number of nitrogens with zero attached hydrogens (tertiary/aromatic N) is 2. The summed E-state index contributed by atoms with van der Waals surface area (Å²) in [4.78, 5) is 55.4. The van der Waals surface area contributed by atoms with Crippen LogP contribution in [0.3, 0.4) is 0 Å². The summed E-state index contributed by atoms with van der Waals surface area (Å²) in [7, 11) is 0. The number of hydrogen-bond donors (Lipinski definition) is 0. The van der Waals surface area contributed by atoms with E-state index in [0.717, 1.165) is 28.2 Å². The van der Waals surface area contributed by atoms with E-state index in [-0.39, 0.29) is 43.6 Å². The van der Waals surface area contributed by atoms with Crippen molar-refractivity contribution in [2.24, 2.45) is 0 Å². The summed E-state index contributed by atoms with van der Waals surface area (Å²) < 4.78 is 71.1. The Bertz CT molecular complexity index is 2130. The smallest absolute Gasteiger partial charge is 0.266 e. The van der Waals surface area contributed by atoms with Gasteiger partial charge >= 0.3 is 0 Å². The van der Waals surface area contributed by atoms with Gasteiger partial charge in [0.25, 0.3) is 23.6 Å². The summed E-state index contributed by atoms with van der Waals surface area (Å²) in [5.74, 6) is -16.2. The number of imide groups is 2. The van der Waals surface area contributed by atoms with Gasteiger partial charge in [-0.3, -0.25) is 19.2 Å². The molecule has 4 amide bonds. The van der Waals surface area contributed by atoms with E-state index in [0.29, 0.717) is 5.56 Å². The Morgan fingerprint density at radius 2 is 0.956 bits per heavy atom. The van der Waals surface area contributed by atoms with Crippen molar-refractivity contribution < 1.29 is 41.1 Å². The molecule has 0 saturated heterocycles. The lowest BCUT2D eigenvalue weighted by Gasteiger charge is -2.32. The van der Waals surface area contributed by atoms with Crippen molar-refractivity contribution in [3.05, 3.63) is 136 Å². The summed E-state index contributed by atoms with van der Waals surface area (Å²) in [6.45, 7) is 3.73. The second-order valence-corrected chi connectivity index (χ2v) is 10.3. The van der Waals surface area contributed by atoms with Crippen LogP contribution in [0.2, 0.25) is 0 Å². The lowest BCUT2D eigenvalue weighted by Crippen LogP contribution is -2.44. The quantitative estimate of drug-likeness (QED) is 0.0918. The van der Waals surface area contributed by atoms with Crippen LogP contribution in [0.1, 0.15) is 47.0 Å². The summed E-state index contributed by atoms with van der Waals surface area (Å²) in [6, 6.07) is 18.7. The Kier molecular flexibility index (Phi) is 6.05. The maximum Gasteiger partial charge on any atom is 0.266 e. The maximum atomic E-state index is 14.7. The van der Waals surface area contributed by atoms with Gasteiger partial charge in [0.1, 0.15) is 5.69 Å². The highest BCUT2D eigenvalue weighted by atomic mass is 19.2. The lowest BCUT2D eigenvalue weighted by atomic mass is 9.85. The van der Waals surface area contributed by atoms with Crippen LogP contribution in [-0.2, 0) is 0 Å². The summed E-state index contributed by atoms with van der Waals surface area (Å²) in [6.07, 6.45) is 1.69. The predicted octanol–water partition coefficient (Wildman–Crippen LogP) is 7.45. The number of anilines is 2. The monoisotopic (exact) mass is 610 g/mol. The van der Waals surface area contributed by atoms with Gasteiger partial charge in [-0.15, -0.1) is 0 Å². The first-order valence-corrected chi connectivity index (χ1v) is 13.3. The van der Waals surface area contributed by atoms with E-state index >= 15 is 0 Å². The molecule has 0 bridgehead atoms. The second kappa shape index (κ2) is 9.78. The molecule has 5 aromatic rings. The molecule has 5 aromatic carbocycles. The number of benzene rings is 5. The molecular formula is C34H15F5N2O4. The molecule has 220 valence electrons. The molecule has 0 fully saturated rings. The normalized spacial score (nSPS) is 14.1. The van der Waals surface area contributed by atoms with Gasteiger partial charge in [-0.05, 0) is 53.1 Å². The van der Waals surface area contributed by atoms with Crippen LogP contribution >= 0.6 is 0 Å². The molecule has 45 heavy (non-hydrogen) atoms. The highest BCUT2D eigenvalue weighted by Gasteiger charge is 2.43. The Hall–Kier alpha value is -5.97. The molecule has 0 spiro atoms. The van der Waals surface area contributed by atoms with Crippen molar-refractivity contribution in [3.63, 3.8) is 0 Å². The molecule has 0 N–H and O–H groups in total. The van der Waals surface area contributed by atoms with Gasteiger partial charge in [-0.2, -0.15) is 0 Å². The number of amides is 4. The van der Waals surface area contributed by atoms with Crippen LogP contribution < -0.4 is 9.80 Å². The number of rotatable bonds is 4. The molecule has 2 aliphatic rings. The summed E-state index contributed by atoms with van der Waals surface area (Å²) >= 11 is 0. The highest BCUT2D eigenvalue weighted by molar-refractivity contribution is 6.42. The van der Waals surface area contributed by atoms with Crippen LogP contribution in [0.4, 0.5) is 33.3 Å². The van der Waals surface area contributed by atoms with Crippen molar-refractivity contribution in [3.8, 4) is 11.1 Å². The van der Waals surface area contributed by atoms with Gasteiger partial charge in [-0.1, -0.05) is 49.1 Å². The van der Waals surface area contributed by atoms with Gasteiger partial charge < -0.3 is 0 Å². The van der Waals surface area contributed by atoms with Gasteiger partial charge in [0.15, 0.2) is 23.3 Å². The fourth-order valence-corrected chi connectivity index (χ4v) is 5.74. The van der Waals surface area contributed by atoms with E-state index in [1.165, 1.54) is 12.1 Å². The molecule has 2 aliphatic heterocycles. The zero-order valence-corrected chi connectivity index (χ0v) is 22.6. The number of carbonyl (C=O) groups excluding carboxylic acids is 4. The molecule has 0 aromatic heterocycles. The third-order valence-electron chi connectivity index (χ3n) is 7.89. The molecule has 6 nitrogen and oxygen atoms in total. The zero-order chi connectivity index (χ0) is 31.9. The topological polar surface area (TPSA) is 74.8 Å². The van der Waals surface area contributed by atoms with E-state index < -0.39 is 58.4 Å². The first-order chi connectivity index (χ1) is 21.5. The van der Waals surface area contributed by atoms with E-state index in [1.54, 1.807) is 30.3 Å².